The number of methoxy groups -OCH3 is 1. The van der Waals surface area contributed by atoms with Crippen LogP contribution in [0.3, 0.4) is 0 Å². The van der Waals surface area contributed by atoms with Crippen molar-refractivity contribution in [2.24, 2.45) is 5.73 Å². The summed E-state index contributed by atoms with van der Waals surface area (Å²) in [5.74, 6) is -0.0406. The zero-order valence-electron chi connectivity index (χ0n) is 11.3. The minimum absolute atomic E-state index is 0.0406. The molecule has 0 fully saturated rings. The molecule has 0 aliphatic heterocycles. The average molecular weight is 250 g/mol. The van der Waals surface area contributed by atoms with E-state index in [1.54, 1.807) is 7.11 Å². The molecule has 0 radical (unpaired) electrons. The molecule has 1 atom stereocenters. The summed E-state index contributed by atoms with van der Waals surface area (Å²) < 4.78 is 5.02. The van der Waals surface area contributed by atoms with E-state index in [-0.39, 0.29) is 11.9 Å². The Bertz CT molecular complexity index is 377. The maximum Gasteiger partial charge on any atom is 0.230 e. The van der Waals surface area contributed by atoms with Crippen molar-refractivity contribution >= 4 is 5.91 Å². The van der Waals surface area contributed by atoms with Crippen molar-refractivity contribution in [1.29, 1.82) is 0 Å². The Labute approximate surface area is 109 Å². The molecule has 4 nitrogen and oxygen atoms in total. The summed E-state index contributed by atoms with van der Waals surface area (Å²) in [5.41, 5.74) is 6.00. The van der Waals surface area contributed by atoms with E-state index >= 15 is 0 Å². The van der Waals surface area contributed by atoms with Crippen molar-refractivity contribution in [1.82, 2.24) is 5.32 Å². The maximum atomic E-state index is 12.3. The van der Waals surface area contributed by atoms with Gasteiger partial charge < -0.3 is 15.8 Å². The van der Waals surface area contributed by atoms with Crippen LogP contribution in [0.25, 0.3) is 0 Å². The number of benzene rings is 1. The van der Waals surface area contributed by atoms with Gasteiger partial charge in [0.15, 0.2) is 0 Å². The van der Waals surface area contributed by atoms with Crippen molar-refractivity contribution in [3.8, 4) is 0 Å². The molecular weight excluding hydrogens is 228 g/mol. The van der Waals surface area contributed by atoms with Crippen LogP contribution >= 0.6 is 0 Å². The minimum Gasteiger partial charge on any atom is -0.383 e. The Morgan fingerprint density at radius 2 is 2.00 bits per heavy atom. The Morgan fingerprint density at radius 1 is 1.39 bits per heavy atom. The lowest BCUT2D eigenvalue weighted by Gasteiger charge is -2.27. The molecule has 0 saturated heterocycles. The third-order valence-electron chi connectivity index (χ3n) is 3.05. The second-order valence-electron chi connectivity index (χ2n) is 4.85. The molecule has 3 N–H and O–H groups in total. The molecule has 0 spiro atoms. The summed E-state index contributed by atoms with van der Waals surface area (Å²) in [6.45, 7) is 4.59. The zero-order chi connectivity index (χ0) is 13.6. The fraction of sp³-hybridized carbons (Fsp3) is 0.500. The molecule has 0 bridgehead atoms. The molecule has 1 aromatic rings. The highest BCUT2D eigenvalue weighted by atomic mass is 16.5. The lowest BCUT2D eigenvalue weighted by atomic mass is 9.83. The van der Waals surface area contributed by atoms with Gasteiger partial charge in [0.25, 0.3) is 0 Å². The van der Waals surface area contributed by atoms with Crippen LogP contribution < -0.4 is 11.1 Å². The van der Waals surface area contributed by atoms with Gasteiger partial charge >= 0.3 is 0 Å². The zero-order valence-corrected chi connectivity index (χ0v) is 11.3. The Morgan fingerprint density at radius 3 is 2.50 bits per heavy atom. The highest BCUT2D eigenvalue weighted by Crippen LogP contribution is 2.23. The SMILES string of the molecule is COCC(CN)NC(=O)C(C)(C)c1ccccc1. The summed E-state index contributed by atoms with van der Waals surface area (Å²) in [5, 5.41) is 2.92. The topological polar surface area (TPSA) is 64.3 Å². The number of rotatable bonds is 6. The fourth-order valence-corrected chi connectivity index (χ4v) is 1.72. The molecule has 1 aromatic carbocycles. The van der Waals surface area contributed by atoms with Crippen molar-refractivity contribution < 1.29 is 9.53 Å². The first-order valence-electron chi connectivity index (χ1n) is 6.08. The number of carbonyl (C=O) groups is 1. The van der Waals surface area contributed by atoms with Crippen LogP contribution in [0.5, 0.6) is 0 Å². The lowest BCUT2D eigenvalue weighted by Crippen LogP contribution is -2.49. The number of hydrogen-bond donors (Lipinski definition) is 2. The quantitative estimate of drug-likeness (QED) is 0.793. The van der Waals surface area contributed by atoms with Crippen LogP contribution in [0.1, 0.15) is 19.4 Å². The molecule has 0 aromatic heterocycles. The van der Waals surface area contributed by atoms with Gasteiger partial charge in [0.05, 0.1) is 18.1 Å². The second kappa shape index (κ2) is 6.52. The van der Waals surface area contributed by atoms with Crippen LogP contribution in [0.4, 0.5) is 0 Å². The molecule has 100 valence electrons. The van der Waals surface area contributed by atoms with Crippen molar-refractivity contribution in [2.45, 2.75) is 25.3 Å². The Balaban J connectivity index is 2.76. The van der Waals surface area contributed by atoms with Crippen LogP contribution in [-0.4, -0.2) is 32.2 Å². The number of carbonyl (C=O) groups excluding carboxylic acids is 1. The van der Waals surface area contributed by atoms with E-state index in [0.29, 0.717) is 13.2 Å². The fourth-order valence-electron chi connectivity index (χ4n) is 1.72. The summed E-state index contributed by atoms with van der Waals surface area (Å²) in [7, 11) is 1.59. The number of nitrogens with two attached hydrogens (primary N) is 1. The lowest BCUT2D eigenvalue weighted by molar-refractivity contribution is -0.126. The van der Waals surface area contributed by atoms with Gasteiger partial charge in [-0.2, -0.15) is 0 Å². The second-order valence-corrected chi connectivity index (χ2v) is 4.85. The molecule has 1 rings (SSSR count). The first-order valence-corrected chi connectivity index (χ1v) is 6.08. The monoisotopic (exact) mass is 250 g/mol. The highest BCUT2D eigenvalue weighted by Gasteiger charge is 2.30. The minimum atomic E-state index is -0.581. The summed E-state index contributed by atoms with van der Waals surface area (Å²) >= 11 is 0. The third kappa shape index (κ3) is 3.55. The van der Waals surface area contributed by atoms with Crippen LogP contribution in [0.15, 0.2) is 30.3 Å². The largest absolute Gasteiger partial charge is 0.383 e. The number of amides is 1. The molecule has 0 aliphatic carbocycles. The number of nitrogens with one attached hydrogen (secondary N) is 1. The highest BCUT2D eigenvalue weighted by molar-refractivity contribution is 5.87. The molecule has 18 heavy (non-hydrogen) atoms. The van der Waals surface area contributed by atoms with Gasteiger partial charge in [-0.1, -0.05) is 30.3 Å². The van der Waals surface area contributed by atoms with E-state index in [0.717, 1.165) is 5.56 Å². The molecular formula is C14H22N2O2. The molecule has 1 amide bonds. The molecule has 0 aliphatic rings. The first-order chi connectivity index (χ1) is 8.52. The number of ether oxygens (including phenoxy) is 1. The van der Waals surface area contributed by atoms with Gasteiger partial charge in [-0.15, -0.1) is 0 Å². The van der Waals surface area contributed by atoms with Gasteiger partial charge in [0.2, 0.25) is 5.91 Å². The van der Waals surface area contributed by atoms with Gasteiger partial charge in [-0.05, 0) is 19.4 Å². The molecule has 1 unspecified atom stereocenters. The standard InChI is InChI=1S/C14H22N2O2/c1-14(2,11-7-5-4-6-8-11)13(17)16-12(9-15)10-18-3/h4-8,12H,9-10,15H2,1-3H3,(H,16,17). The van der Waals surface area contributed by atoms with E-state index in [1.807, 2.05) is 44.2 Å². The molecule has 0 heterocycles. The van der Waals surface area contributed by atoms with Gasteiger partial charge in [-0.3, -0.25) is 4.79 Å². The summed E-state index contributed by atoms with van der Waals surface area (Å²) in [4.78, 5) is 12.3. The summed E-state index contributed by atoms with van der Waals surface area (Å²) in [6.07, 6.45) is 0. The van der Waals surface area contributed by atoms with Crippen molar-refractivity contribution in [2.75, 3.05) is 20.3 Å². The average Bonchev–Trinajstić information content (AvgIpc) is 2.39. The van der Waals surface area contributed by atoms with Gasteiger partial charge in [0.1, 0.15) is 0 Å². The predicted molar refractivity (Wildman–Crippen MR) is 72.3 cm³/mol. The van der Waals surface area contributed by atoms with E-state index in [1.165, 1.54) is 0 Å². The maximum absolute atomic E-state index is 12.3. The normalized spacial score (nSPS) is 13.1. The Kier molecular flexibility index (Phi) is 5.31. The van der Waals surface area contributed by atoms with Gasteiger partial charge in [-0.25, -0.2) is 0 Å². The van der Waals surface area contributed by atoms with Crippen LogP contribution in [-0.2, 0) is 14.9 Å². The third-order valence-corrected chi connectivity index (χ3v) is 3.05. The van der Waals surface area contributed by atoms with E-state index < -0.39 is 5.41 Å². The van der Waals surface area contributed by atoms with E-state index in [4.69, 9.17) is 10.5 Å². The number of hydrogen-bond acceptors (Lipinski definition) is 3. The van der Waals surface area contributed by atoms with Crippen molar-refractivity contribution in [3.63, 3.8) is 0 Å². The predicted octanol–water partition coefficient (Wildman–Crippen LogP) is 1.05. The van der Waals surface area contributed by atoms with E-state index in [2.05, 4.69) is 5.32 Å². The van der Waals surface area contributed by atoms with Crippen LogP contribution in [0, 0.1) is 0 Å². The van der Waals surface area contributed by atoms with E-state index in [9.17, 15) is 4.79 Å². The van der Waals surface area contributed by atoms with Gasteiger partial charge in [0, 0.05) is 13.7 Å². The molecule has 4 heteroatoms. The molecule has 0 saturated carbocycles. The van der Waals surface area contributed by atoms with Crippen LogP contribution in [0.2, 0.25) is 0 Å². The van der Waals surface area contributed by atoms with Crippen molar-refractivity contribution in [3.05, 3.63) is 35.9 Å². The summed E-state index contributed by atoms with van der Waals surface area (Å²) in [6, 6.07) is 9.55. The first kappa shape index (κ1) is 14.7. The Hall–Kier alpha value is -1.39. The smallest absolute Gasteiger partial charge is 0.230 e.